The molecule has 0 radical (unpaired) electrons. The van der Waals surface area contributed by atoms with E-state index in [0.717, 1.165) is 31.8 Å². The Labute approximate surface area is 160 Å². The predicted molar refractivity (Wildman–Crippen MR) is 106 cm³/mol. The summed E-state index contributed by atoms with van der Waals surface area (Å²) in [4.78, 5) is 19.4. The third-order valence-electron chi connectivity index (χ3n) is 5.64. The monoisotopic (exact) mass is 365 g/mol. The van der Waals surface area contributed by atoms with Gasteiger partial charge >= 0.3 is 0 Å². The van der Waals surface area contributed by atoms with Crippen molar-refractivity contribution in [2.45, 2.75) is 44.6 Å². The molecule has 1 saturated carbocycles. The Morgan fingerprint density at radius 1 is 1.11 bits per heavy atom. The molecule has 5 nitrogen and oxygen atoms in total. The van der Waals surface area contributed by atoms with Gasteiger partial charge in [-0.3, -0.25) is 14.7 Å². The topological polar surface area (TPSA) is 54.5 Å². The Bertz CT molecular complexity index is 759. The third-order valence-corrected chi connectivity index (χ3v) is 5.64. The van der Waals surface area contributed by atoms with Crippen LogP contribution in [0.1, 0.15) is 38.5 Å². The molecule has 2 fully saturated rings. The number of nitrogens with one attached hydrogen (secondary N) is 1. The molecule has 1 aliphatic carbocycles. The van der Waals surface area contributed by atoms with Crippen molar-refractivity contribution >= 4 is 11.6 Å². The highest BCUT2D eigenvalue weighted by atomic mass is 16.5. The first-order valence-electron chi connectivity index (χ1n) is 10.0. The SMILES string of the molecule is O=C(Nc1ccccc1Oc1cccnc1)C1CCCN1CC1CCCC1. The van der Waals surface area contributed by atoms with Gasteiger partial charge in [0.15, 0.2) is 5.75 Å². The van der Waals surface area contributed by atoms with Gasteiger partial charge in [0, 0.05) is 12.7 Å². The van der Waals surface area contributed by atoms with Crippen molar-refractivity contribution in [3.05, 3.63) is 48.8 Å². The molecule has 1 atom stereocenters. The summed E-state index contributed by atoms with van der Waals surface area (Å²) in [5.74, 6) is 2.13. The van der Waals surface area contributed by atoms with Crippen LogP contribution in [0.4, 0.5) is 5.69 Å². The van der Waals surface area contributed by atoms with Crippen molar-refractivity contribution in [3.8, 4) is 11.5 Å². The van der Waals surface area contributed by atoms with Crippen molar-refractivity contribution in [1.29, 1.82) is 0 Å². The highest BCUT2D eigenvalue weighted by Gasteiger charge is 2.33. The maximum Gasteiger partial charge on any atom is 0.241 e. The first-order chi connectivity index (χ1) is 13.3. The summed E-state index contributed by atoms with van der Waals surface area (Å²) in [6.45, 7) is 2.09. The normalized spacial score (nSPS) is 20.7. The smallest absolute Gasteiger partial charge is 0.241 e. The van der Waals surface area contributed by atoms with Crippen LogP contribution in [0.5, 0.6) is 11.5 Å². The number of ether oxygens (including phenoxy) is 1. The van der Waals surface area contributed by atoms with Crippen LogP contribution in [0.3, 0.4) is 0 Å². The highest BCUT2D eigenvalue weighted by Crippen LogP contribution is 2.31. The highest BCUT2D eigenvalue weighted by molar-refractivity contribution is 5.96. The fourth-order valence-corrected chi connectivity index (χ4v) is 4.28. The number of hydrogen-bond acceptors (Lipinski definition) is 4. The number of carbonyl (C=O) groups is 1. The molecule has 0 spiro atoms. The van der Waals surface area contributed by atoms with Crippen molar-refractivity contribution in [1.82, 2.24) is 9.88 Å². The number of pyridine rings is 1. The minimum atomic E-state index is -0.0305. The molecule has 1 aromatic carbocycles. The van der Waals surface area contributed by atoms with E-state index in [9.17, 15) is 4.79 Å². The molecule has 4 rings (SSSR count). The summed E-state index contributed by atoms with van der Waals surface area (Å²) in [5, 5.41) is 3.10. The molecular weight excluding hydrogens is 338 g/mol. The summed E-state index contributed by atoms with van der Waals surface area (Å²) in [7, 11) is 0. The van der Waals surface area contributed by atoms with E-state index in [1.807, 2.05) is 36.4 Å². The zero-order chi connectivity index (χ0) is 18.5. The number of hydrogen-bond donors (Lipinski definition) is 1. The molecular formula is C22H27N3O2. The number of nitrogens with zero attached hydrogens (tertiary/aromatic N) is 2. The van der Waals surface area contributed by atoms with E-state index >= 15 is 0 Å². The van der Waals surface area contributed by atoms with Crippen molar-refractivity contribution < 1.29 is 9.53 Å². The van der Waals surface area contributed by atoms with E-state index in [2.05, 4.69) is 15.2 Å². The lowest BCUT2D eigenvalue weighted by Gasteiger charge is -2.26. The standard InChI is InChI=1S/C22H27N3O2/c26-22(20-11-6-14-25(20)16-17-7-1-2-8-17)24-19-10-3-4-12-21(19)27-18-9-5-13-23-15-18/h3-5,9-10,12-13,15,17,20H,1-2,6-8,11,14,16H2,(H,24,26). The van der Waals surface area contributed by atoms with Gasteiger partial charge in [0.05, 0.1) is 17.9 Å². The fourth-order valence-electron chi connectivity index (χ4n) is 4.28. The van der Waals surface area contributed by atoms with Gasteiger partial charge in [-0.15, -0.1) is 0 Å². The molecule has 1 aromatic heterocycles. The van der Waals surface area contributed by atoms with Crippen LogP contribution in [0.15, 0.2) is 48.8 Å². The lowest BCUT2D eigenvalue weighted by Crippen LogP contribution is -2.41. The molecule has 27 heavy (non-hydrogen) atoms. The molecule has 2 heterocycles. The van der Waals surface area contributed by atoms with Crippen LogP contribution < -0.4 is 10.1 Å². The summed E-state index contributed by atoms with van der Waals surface area (Å²) in [6.07, 6.45) is 10.7. The maximum atomic E-state index is 13.0. The van der Waals surface area contributed by atoms with Gasteiger partial charge in [0.25, 0.3) is 0 Å². The summed E-state index contributed by atoms with van der Waals surface area (Å²) >= 11 is 0. The number of benzene rings is 1. The molecule has 0 bridgehead atoms. The van der Waals surface area contributed by atoms with E-state index in [1.54, 1.807) is 12.4 Å². The minimum Gasteiger partial charge on any atom is -0.454 e. The van der Waals surface area contributed by atoms with Gasteiger partial charge < -0.3 is 10.1 Å². The van der Waals surface area contributed by atoms with E-state index in [4.69, 9.17) is 4.74 Å². The number of likely N-dealkylation sites (tertiary alicyclic amines) is 1. The van der Waals surface area contributed by atoms with Crippen LogP contribution in [-0.2, 0) is 4.79 Å². The number of carbonyl (C=O) groups excluding carboxylic acids is 1. The molecule has 1 amide bonds. The zero-order valence-electron chi connectivity index (χ0n) is 15.6. The van der Waals surface area contributed by atoms with Gasteiger partial charge in [-0.2, -0.15) is 0 Å². The number of amides is 1. The molecule has 2 aromatic rings. The van der Waals surface area contributed by atoms with Crippen molar-refractivity contribution in [3.63, 3.8) is 0 Å². The first kappa shape index (κ1) is 18.0. The second-order valence-corrected chi connectivity index (χ2v) is 7.58. The van der Waals surface area contributed by atoms with Gasteiger partial charge in [0.1, 0.15) is 5.75 Å². The molecule has 1 unspecified atom stereocenters. The number of aromatic nitrogens is 1. The van der Waals surface area contributed by atoms with Crippen molar-refractivity contribution in [2.75, 3.05) is 18.4 Å². The third kappa shape index (κ3) is 4.48. The van der Waals surface area contributed by atoms with Gasteiger partial charge in [0.2, 0.25) is 5.91 Å². The van der Waals surface area contributed by atoms with E-state index < -0.39 is 0 Å². The van der Waals surface area contributed by atoms with Crippen LogP contribution in [-0.4, -0.2) is 34.9 Å². The first-order valence-corrected chi connectivity index (χ1v) is 10.0. The number of rotatable bonds is 6. The number of para-hydroxylation sites is 2. The van der Waals surface area contributed by atoms with Crippen LogP contribution >= 0.6 is 0 Å². The summed E-state index contributed by atoms with van der Waals surface area (Å²) < 4.78 is 5.92. The lowest BCUT2D eigenvalue weighted by atomic mass is 10.1. The second-order valence-electron chi connectivity index (χ2n) is 7.58. The Morgan fingerprint density at radius 3 is 2.78 bits per heavy atom. The molecule has 142 valence electrons. The van der Waals surface area contributed by atoms with E-state index in [0.29, 0.717) is 17.2 Å². The van der Waals surface area contributed by atoms with Gasteiger partial charge in [-0.25, -0.2) is 0 Å². The molecule has 2 aliphatic rings. The molecule has 5 heteroatoms. The molecule has 1 saturated heterocycles. The predicted octanol–water partition coefficient (Wildman–Crippen LogP) is 4.47. The zero-order valence-corrected chi connectivity index (χ0v) is 15.6. The largest absolute Gasteiger partial charge is 0.454 e. The molecule has 1 N–H and O–H groups in total. The quantitative estimate of drug-likeness (QED) is 0.821. The van der Waals surface area contributed by atoms with Gasteiger partial charge in [-0.1, -0.05) is 25.0 Å². The molecule has 1 aliphatic heterocycles. The van der Waals surface area contributed by atoms with Crippen molar-refractivity contribution in [2.24, 2.45) is 5.92 Å². The van der Waals surface area contributed by atoms with Crippen LogP contribution in [0.2, 0.25) is 0 Å². The lowest BCUT2D eigenvalue weighted by molar-refractivity contribution is -0.120. The second kappa shape index (κ2) is 8.53. The Hall–Kier alpha value is -2.40. The summed E-state index contributed by atoms with van der Waals surface area (Å²) in [5.41, 5.74) is 0.707. The average Bonchev–Trinajstić information content (AvgIpc) is 3.37. The van der Waals surface area contributed by atoms with Gasteiger partial charge in [-0.05, 0) is 62.4 Å². The minimum absolute atomic E-state index is 0.0305. The Balaban J connectivity index is 1.43. The maximum absolute atomic E-state index is 13.0. The van der Waals surface area contributed by atoms with Crippen LogP contribution in [0.25, 0.3) is 0 Å². The number of anilines is 1. The average molecular weight is 365 g/mol. The fraction of sp³-hybridized carbons (Fsp3) is 0.455. The summed E-state index contributed by atoms with van der Waals surface area (Å²) in [6, 6.07) is 11.2. The van der Waals surface area contributed by atoms with E-state index in [-0.39, 0.29) is 11.9 Å². The van der Waals surface area contributed by atoms with Crippen LogP contribution in [0, 0.1) is 5.92 Å². The van der Waals surface area contributed by atoms with E-state index in [1.165, 1.54) is 25.7 Å². The Kier molecular flexibility index (Phi) is 5.68. The Morgan fingerprint density at radius 2 is 1.96 bits per heavy atom.